The summed E-state index contributed by atoms with van der Waals surface area (Å²) in [5, 5.41) is 8.70. The van der Waals surface area contributed by atoms with E-state index >= 15 is 0 Å². The van der Waals surface area contributed by atoms with Crippen molar-refractivity contribution in [2.24, 2.45) is 0 Å². The summed E-state index contributed by atoms with van der Waals surface area (Å²) < 4.78 is 13.3. The van der Waals surface area contributed by atoms with Crippen molar-refractivity contribution in [3.63, 3.8) is 0 Å². The second-order valence-electron chi connectivity index (χ2n) is 2.60. The Bertz CT molecular complexity index is 340. The Kier molecular flexibility index (Phi) is 2.49. The summed E-state index contributed by atoms with van der Waals surface area (Å²) >= 11 is 3.03. The minimum atomic E-state index is -0.380. The molecule has 1 aromatic carbocycles. The number of nitriles is 1. The number of hydrogen-bond donors (Lipinski definition) is 0. The summed E-state index contributed by atoms with van der Waals surface area (Å²) in [5.74, 6) is -0.380. The maximum absolute atomic E-state index is 13.0. The van der Waals surface area contributed by atoms with Crippen LogP contribution in [0.5, 0.6) is 0 Å². The number of aryl methyl sites for hydroxylation is 1. The average Bonchev–Trinajstić information content (AvgIpc) is 2.02. The van der Waals surface area contributed by atoms with Gasteiger partial charge >= 0.3 is 0 Å². The summed E-state index contributed by atoms with van der Waals surface area (Å²) in [4.78, 5) is 0. The number of rotatable bonds is 0. The Morgan fingerprint density at radius 2 is 2.08 bits per heavy atom. The van der Waals surface area contributed by atoms with E-state index < -0.39 is 0 Å². The summed E-state index contributed by atoms with van der Waals surface area (Å²) in [6, 6.07) is 3.38. The van der Waals surface area contributed by atoms with Crippen LogP contribution >= 0.6 is 15.9 Å². The summed E-state index contributed by atoms with van der Waals surface area (Å²) in [5.41, 5.74) is 2.01. The van der Waals surface area contributed by atoms with E-state index in [9.17, 15) is 4.39 Å². The molecule has 0 aliphatic carbocycles. The van der Waals surface area contributed by atoms with Gasteiger partial charge in [0, 0.05) is 0 Å². The van der Waals surface area contributed by atoms with Crippen molar-refractivity contribution in [1.82, 2.24) is 0 Å². The monoisotopic (exact) mass is 227 g/mol. The maximum Gasteiger partial charge on any atom is 0.139 e. The maximum atomic E-state index is 13.0. The van der Waals surface area contributed by atoms with Gasteiger partial charge in [-0.25, -0.2) is 4.39 Å². The Morgan fingerprint density at radius 3 is 2.58 bits per heavy atom. The van der Waals surface area contributed by atoms with Crippen molar-refractivity contribution < 1.29 is 4.39 Å². The van der Waals surface area contributed by atoms with Gasteiger partial charge in [-0.15, -0.1) is 0 Å². The Labute approximate surface area is 79.0 Å². The third-order valence-electron chi connectivity index (χ3n) is 1.85. The first kappa shape index (κ1) is 9.21. The molecule has 0 saturated heterocycles. The second-order valence-corrected chi connectivity index (χ2v) is 3.39. The molecule has 62 valence electrons. The zero-order chi connectivity index (χ0) is 9.30. The van der Waals surface area contributed by atoms with E-state index in [1.54, 1.807) is 13.8 Å². The van der Waals surface area contributed by atoms with Gasteiger partial charge in [-0.05, 0) is 47.0 Å². The van der Waals surface area contributed by atoms with Crippen molar-refractivity contribution in [2.75, 3.05) is 0 Å². The SMILES string of the molecule is Cc1cc(F)c(Br)c(C#N)c1C. The van der Waals surface area contributed by atoms with Gasteiger partial charge in [0.15, 0.2) is 0 Å². The van der Waals surface area contributed by atoms with E-state index in [4.69, 9.17) is 5.26 Å². The fourth-order valence-corrected chi connectivity index (χ4v) is 1.48. The topological polar surface area (TPSA) is 23.8 Å². The van der Waals surface area contributed by atoms with Crippen LogP contribution in [-0.4, -0.2) is 0 Å². The molecule has 1 aromatic rings. The molecule has 0 atom stereocenters. The molecule has 0 N–H and O–H groups in total. The molecule has 3 heteroatoms. The van der Waals surface area contributed by atoms with Crippen LogP contribution in [0, 0.1) is 31.0 Å². The molecule has 0 fully saturated rings. The first-order chi connectivity index (χ1) is 5.57. The first-order valence-electron chi connectivity index (χ1n) is 3.43. The molecule has 0 radical (unpaired) electrons. The van der Waals surface area contributed by atoms with E-state index in [2.05, 4.69) is 15.9 Å². The Hall–Kier alpha value is -0.880. The summed E-state index contributed by atoms with van der Waals surface area (Å²) in [6.07, 6.45) is 0. The molecule has 0 saturated carbocycles. The number of halogens is 2. The van der Waals surface area contributed by atoms with Gasteiger partial charge in [-0.1, -0.05) is 0 Å². The normalized spacial score (nSPS) is 9.58. The fourth-order valence-electron chi connectivity index (χ4n) is 0.976. The zero-order valence-electron chi connectivity index (χ0n) is 6.78. The highest BCUT2D eigenvalue weighted by atomic mass is 79.9. The van der Waals surface area contributed by atoms with Crippen molar-refractivity contribution in [1.29, 1.82) is 5.26 Å². The van der Waals surface area contributed by atoms with Crippen molar-refractivity contribution in [2.45, 2.75) is 13.8 Å². The van der Waals surface area contributed by atoms with Crippen molar-refractivity contribution in [3.8, 4) is 6.07 Å². The second kappa shape index (κ2) is 3.24. The molecule has 0 aliphatic heterocycles. The minimum Gasteiger partial charge on any atom is -0.206 e. The van der Waals surface area contributed by atoms with Crippen LogP contribution in [0.1, 0.15) is 16.7 Å². The highest BCUT2D eigenvalue weighted by Gasteiger charge is 2.10. The first-order valence-corrected chi connectivity index (χ1v) is 4.22. The van der Waals surface area contributed by atoms with Crippen molar-refractivity contribution >= 4 is 15.9 Å². The lowest BCUT2D eigenvalue weighted by Crippen LogP contribution is -1.92. The van der Waals surface area contributed by atoms with Crippen LogP contribution in [0.2, 0.25) is 0 Å². The standard InChI is InChI=1S/C9H7BrFN/c1-5-3-8(11)9(10)7(4-12)6(5)2/h3H,1-2H3. The molecule has 0 spiro atoms. The molecule has 0 amide bonds. The fraction of sp³-hybridized carbons (Fsp3) is 0.222. The Morgan fingerprint density at radius 1 is 1.50 bits per heavy atom. The predicted octanol–water partition coefficient (Wildman–Crippen LogP) is 3.08. The lowest BCUT2D eigenvalue weighted by molar-refractivity contribution is 0.618. The zero-order valence-corrected chi connectivity index (χ0v) is 8.37. The molecular weight excluding hydrogens is 221 g/mol. The van der Waals surface area contributed by atoms with Crippen LogP contribution < -0.4 is 0 Å². The van der Waals surface area contributed by atoms with Crippen LogP contribution in [-0.2, 0) is 0 Å². The molecular formula is C9H7BrFN. The molecule has 1 nitrogen and oxygen atoms in total. The average molecular weight is 228 g/mol. The van der Waals surface area contributed by atoms with Crippen LogP contribution in [0.15, 0.2) is 10.5 Å². The molecule has 0 unspecified atom stereocenters. The third-order valence-corrected chi connectivity index (χ3v) is 2.63. The Balaban J connectivity index is 3.56. The smallest absolute Gasteiger partial charge is 0.139 e. The number of hydrogen-bond acceptors (Lipinski definition) is 1. The van der Waals surface area contributed by atoms with Gasteiger partial charge in [0.2, 0.25) is 0 Å². The van der Waals surface area contributed by atoms with E-state index in [0.717, 1.165) is 11.1 Å². The highest BCUT2D eigenvalue weighted by molar-refractivity contribution is 9.10. The van der Waals surface area contributed by atoms with E-state index in [-0.39, 0.29) is 10.3 Å². The largest absolute Gasteiger partial charge is 0.206 e. The van der Waals surface area contributed by atoms with E-state index in [0.29, 0.717) is 5.56 Å². The third kappa shape index (κ3) is 1.35. The molecule has 12 heavy (non-hydrogen) atoms. The van der Waals surface area contributed by atoms with Crippen LogP contribution in [0.4, 0.5) is 4.39 Å². The molecule has 0 aromatic heterocycles. The van der Waals surface area contributed by atoms with Gasteiger partial charge in [0.1, 0.15) is 11.9 Å². The van der Waals surface area contributed by atoms with Crippen LogP contribution in [0.25, 0.3) is 0 Å². The van der Waals surface area contributed by atoms with Gasteiger partial charge in [0.25, 0.3) is 0 Å². The molecule has 0 bridgehead atoms. The quantitative estimate of drug-likeness (QED) is 0.669. The van der Waals surface area contributed by atoms with E-state index in [1.165, 1.54) is 6.07 Å². The molecule has 0 aliphatic rings. The summed E-state index contributed by atoms with van der Waals surface area (Å²) in [7, 11) is 0. The van der Waals surface area contributed by atoms with Gasteiger partial charge < -0.3 is 0 Å². The predicted molar refractivity (Wildman–Crippen MR) is 48.3 cm³/mol. The minimum absolute atomic E-state index is 0.258. The lowest BCUT2D eigenvalue weighted by Gasteiger charge is -2.04. The van der Waals surface area contributed by atoms with Crippen molar-refractivity contribution in [3.05, 3.63) is 33.0 Å². The van der Waals surface area contributed by atoms with Gasteiger partial charge in [-0.2, -0.15) is 5.26 Å². The van der Waals surface area contributed by atoms with Gasteiger partial charge in [-0.3, -0.25) is 0 Å². The lowest BCUT2D eigenvalue weighted by atomic mass is 10.0. The summed E-state index contributed by atoms with van der Waals surface area (Å²) in [6.45, 7) is 3.59. The van der Waals surface area contributed by atoms with E-state index in [1.807, 2.05) is 6.07 Å². The number of nitrogens with zero attached hydrogens (tertiary/aromatic N) is 1. The molecule has 0 heterocycles. The van der Waals surface area contributed by atoms with Gasteiger partial charge in [0.05, 0.1) is 10.0 Å². The number of benzene rings is 1. The van der Waals surface area contributed by atoms with Crippen LogP contribution in [0.3, 0.4) is 0 Å². The molecule has 1 rings (SSSR count). The highest BCUT2D eigenvalue weighted by Crippen LogP contribution is 2.25.